The molecule has 136 valence electrons. The highest BCUT2D eigenvalue weighted by Gasteiger charge is 2.28. The molecular weight excluding hydrogens is 327 g/mol. The minimum Gasteiger partial charge on any atom is -0.381 e. The monoisotopic (exact) mass is 350 g/mol. The van der Waals surface area contributed by atoms with Gasteiger partial charge in [-0.2, -0.15) is 0 Å². The molecule has 2 saturated heterocycles. The molecule has 4 N–H and O–H groups in total. The number of benzene rings is 1. The van der Waals surface area contributed by atoms with Crippen LogP contribution in [-0.4, -0.2) is 43.8 Å². The van der Waals surface area contributed by atoms with Gasteiger partial charge in [-0.25, -0.2) is 9.18 Å². The summed E-state index contributed by atoms with van der Waals surface area (Å²) < 4.78 is 19.3. The summed E-state index contributed by atoms with van der Waals surface area (Å²) >= 11 is 0. The maximum absolute atomic E-state index is 14.0. The number of halogens is 1. The van der Waals surface area contributed by atoms with Gasteiger partial charge in [-0.3, -0.25) is 9.69 Å². The van der Waals surface area contributed by atoms with Crippen molar-refractivity contribution < 1.29 is 18.7 Å². The molecular formula is C17H23FN4O3. The third-order valence-electron chi connectivity index (χ3n) is 4.72. The Balaban J connectivity index is 1.60. The summed E-state index contributed by atoms with van der Waals surface area (Å²) in [7, 11) is 0. The van der Waals surface area contributed by atoms with Crippen molar-refractivity contribution >= 4 is 23.3 Å². The molecule has 25 heavy (non-hydrogen) atoms. The molecule has 3 amide bonds. The van der Waals surface area contributed by atoms with Gasteiger partial charge in [-0.05, 0) is 37.5 Å². The highest BCUT2D eigenvalue weighted by Crippen LogP contribution is 2.26. The summed E-state index contributed by atoms with van der Waals surface area (Å²) in [6.07, 6.45) is 2.34. The second-order valence-corrected chi connectivity index (χ2v) is 6.57. The molecule has 3 rings (SSSR count). The molecule has 0 bridgehead atoms. The third-order valence-corrected chi connectivity index (χ3v) is 4.72. The van der Waals surface area contributed by atoms with Gasteiger partial charge in [0.25, 0.3) is 0 Å². The quantitative estimate of drug-likeness (QED) is 0.751. The number of nitrogens with one attached hydrogen (secondary N) is 2. The summed E-state index contributed by atoms with van der Waals surface area (Å²) in [6, 6.07) is 3.87. The predicted molar refractivity (Wildman–Crippen MR) is 92.0 cm³/mol. The minimum absolute atomic E-state index is 0.160. The van der Waals surface area contributed by atoms with E-state index in [1.54, 1.807) is 0 Å². The van der Waals surface area contributed by atoms with Crippen molar-refractivity contribution in [1.29, 1.82) is 0 Å². The minimum atomic E-state index is -0.502. The van der Waals surface area contributed by atoms with Gasteiger partial charge >= 0.3 is 6.03 Å². The first-order valence-electron chi connectivity index (χ1n) is 8.48. The molecule has 2 aliphatic heterocycles. The lowest BCUT2D eigenvalue weighted by molar-refractivity contribution is -0.116. The highest BCUT2D eigenvalue weighted by molar-refractivity contribution is 5.96. The average Bonchev–Trinajstić information content (AvgIpc) is 3.01. The molecule has 0 aliphatic carbocycles. The van der Waals surface area contributed by atoms with Crippen molar-refractivity contribution in [3.63, 3.8) is 0 Å². The standard InChI is InChI=1S/C17H23FN4O3/c18-13-2-1-12(11-14(13)22-8-7-20-16(22)24)21-15(23)3-4-17(19)5-9-25-10-6-17/h1-2,11H,3-10,19H2,(H,20,24)(H,21,23). The molecule has 2 heterocycles. The Labute approximate surface area is 145 Å². The van der Waals surface area contributed by atoms with E-state index in [1.807, 2.05) is 0 Å². The molecule has 0 aromatic heterocycles. The normalized spacial score (nSPS) is 19.6. The molecule has 1 aromatic rings. The molecule has 0 unspecified atom stereocenters. The molecule has 0 radical (unpaired) electrons. The predicted octanol–water partition coefficient (Wildman–Crippen LogP) is 1.58. The zero-order valence-electron chi connectivity index (χ0n) is 14.0. The molecule has 0 saturated carbocycles. The van der Waals surface area contributed by atoms with Crippen LogP contribution in [0.3, 0.4) is 0 Å². The van der Waals surface area contributed by atoms with Crippen LogP contribution in [0.1, 0.15) is 25.7 Å². The van der Waals surface area contributed by atoms with Crippen molar-refractivity contribution in [3.05, 3.63) is 24.0 Å². The van der Waals surface area contributed by atoms with Crippen LogP contribution >= 0.6 is 0 Å². The summed E-state index contributed by atoms with van der Waals surface area (Å²) in [5, 5.41) is 5.38. The molecule has 7 nitrogen and oxygen atoms in total. The van der Waals surface area contributed by atoms with Crippen molar-refractivity contribution in [2.75, 3.05) is 36.5 Å². The number of nitrogens with zero attached hydrogens (tertiary/aromatic N) is 1. The number of hydrogen-bond acceptors (Lipinski definition) is 4. The van der Waals surface area contributed by atoms with Crippen molar-refractivity contribution in [1.82, 2.24) is 5.32 Å². The van der Waals surface area contributed by atoms with Crippen LogP contribution in [0.15, 0.2) is 18.2 Å². The SMILES string of the molecule is NC1(CCC(=O)Nc2ccc(F)c(N3CCNC3=O)c2)CCOCC1. The second-order valence-electron chi connectivity index (χ2n) is 6.57. The number of rotatable bonds is 5. The summed E-state index contributed by atoms with van der Waals surface area (Å²) in [4.78, 5) is 25.2. The Morgan fingerprint density at radius 1 is 1.40 bits per heavy atom. The lowest BCUT2D eigenvalue weighted by atomic mass is 9.86. The Morgan fingerprint density at radius 2 is 2.16 bits per heavy atom. The van der Waals surface area contributed by atoms with Crippen LogP contribution < -0.4 is 21.3 Å². The third kappa shape index (κ3) is 4.26. The molecule has 8 heteroatoms. The van der Waals surface area contributed by atoms with E-state index in [9.17, 15) is 14.0 Å². The number of ether oxygens (including phenoxy) is 1. The van der Waals surface area contributed by atoms with Crippen LogP contribution in [0.2, 0.25) is 0 Å². The van der Waals surface area contributed by atoms with Gasteiger partial charge in [0.1, 0.15) is 5.82 Å². The van der Waals surface area contributed by atoms with Crippen LogP contribution in [0.25, 0.3) is 0 Å². The Kier molecular flexibility index (Phi) is 5.19. The van der Waals surface area contributed by atoms with E-state index in [4.69, 9.17) is 10.5 Å². The van der Waals surface area contributed by atoms with Gasteiger partial charge in [0.15, 0.2) is 0 Å². The fourth-order valence-electron chi connectivity index (χ4n) is 3.11. The fourth-order valence-corrected chi connectivity index (χ4v) is 3.11. The number of urea groups is 1. The molecule has 0 spiro atoms. The number of carbonyl (C=O) groups excluding carboxylic acids is 2. The summed E-state index contributed by atoms with van der Waals surface area (Å²) in [6.45, 7) is 2.11. The molecule has 2 aliphatic rings. The maximum Gasteiger partial charge on any atom is 0.322 e. The van der Waals surface area contributed by atoms with E-state index >= 15 is 0 Å². The van der Waals surface area contributed by atoms with Crippen LogP contribution in [-0.2, 0) is 9.53 Å². The fraction of sp³-hybridized carbons (Fsp3) is 0.529. The van der Waals surface area contributed by atoms with Gasteiger partial charge < -0.3 is 21.1 Å². The van der Waals surface area contributed by atoms with E-state index in [2.05, 4.69) is 10.6 Å². The van der Waals surface area contributed by atoms with Crippen molar-refractivity contribution in [3.8, 4) is 0 Å². The number of amides is 3. The maximum atomic E-state index is 14.0. The number of anilines is 2. The smallest absolute Gasteiger partial charge is 0.322 e. The summed E-state index contributed by atoms with van der Waals surface area (Å²) in [5.74, 6) is -0.682. The van der Waals surface area contributed by atoms with Crippen LogP contribution in [0.4, 0.5) is 20.6 Å². The largest absolute Gasteiger partial charge is 0.381 e. The topological polar surface area (TPSA) is 96.7 Å². The molecule has 2 fully saturated rings. The Morgan fingerprint density at radius 3 is 2.84 bits per heavy atom. The van der Waals surface area contributed by atoms with Crippen molar-refractivity contribution in [2.45, 2.75) is 31.2 Å². The van der Waals surface area contributed by atoms with E-state index in [0.29, 0.717) is 38.4 Å². The number of nitrogens with two attached hydrogens (primary N) is 1. The zero-order valence-corrected chi connectivity index (χ0v) is 14.0. The first-order valence-corrected chi connectivity index (χ1v) is 8.48. The van der Waals surface area contributed by atoms with Gasteiger partial charge in [0.2, 0.25) is 5.91 Å². The van der Waals surface area contributed by atoms with Gasteiger partial charge in [0.05, 0.1) is 5.69 Å². The van der Waals surface area contributed by atoms with Crippen molar-refractivity contribution in [2.24, 2.45) is 5.73 Å². The lowest BCUT2D eigenvalue weighted by Gasteiger charge is -2.33. The first-order chi connectivity index (χ1) is 12.0. The van der Waals surface area contributed by atoms with Crippen LogP contribution in [0, 0.1) is 5.82 Å². The van der Waals surface area contributed by atoms with E-state index in [0.717, 1.165) is 12.8 Å². The molecule has 1 aromatic carbocycles. The second kappa shape index (κ2) is 7.37. The first kappa shape index (κ1) is 17.6. The van der Waals surface area contributed by atoms with Gasteiger partial charge in [0, 0.05) is 44.0 Å². The Hall–Kier alpha value is -2.19. The lowest BCUT2D eigenvalue weighted by Crippen LogP contribution is -2.45. The average molecular weight is 350 g/mol. The molecule has 0 atom stereocenters. The van der Waals surface area contributed by atoms with Gasteiger partial charge in [-0.15, -0.1) is 0 Å². The number of carbonyl (C=O) groups is 2. The summed E-state index contributed by atoms with van der Waals surface area (Å²) in [5.41, 5.74) is 6.54. The van der Waals surface area contributed by atoms with Gasteiger partial charge in [-0.1, -0.05) is 0 Å². The van der Waals surface area contributed by atoms with E-state index < -0.39 is 5.82 Å². The zero-order chi connectivity index (χ0) is 17.9. The van der Waals surface area contributed by atoms with Crippen LogP contribution in [0.5, 0.6) is 0 Å². The Bertz CT molecular complexity index is 661. The number of hydrogen-bond donors (Lipinski definition) is 3. The highest BCUT2D eigenvalue weighted by atomic mass is 19.1. The van der Waals surface area contributed by atoms with E-state index in [-0.39, 0.29) is 29.6 Å². The van der Waals surface area contributed by atoms with E-state index in [1.165, 1.54) is 23.1 Å².